The lowest BCUT2D eigenvalue weighted by molar-refractivity contribution is 0.676. The number of nitrogens with zero attached hydrogens (tertiary/aromatic N) is 5. The standard InChI is InChI=1S/C12H20N8OS.H2O/c1-3-5-15-11(13)20-8-17-10-9(20)7-16-12(18-10)19-22(14,21)6-4-2;/h7-8H,3-6H2,1-2H3,(H2,13,15)(H2,14,16,18,19,21);1H2. The molecule has 23 heavy (non-hydrogen) atoms. The lowest BCUT2D eigenvalue weighted by atomic mass is 10.5. The van der Waals surface area contributed by atoms with Crippen LogP contribution in [-0.2, 0) is 9.92 Å². The summed E-state index contributed by atoms with van der Waals surface area (Å²) in [6, 6.07) is 0. The molecule has 0 fully saturated rings. The van der Waals surface area contributed by atoms with Crippen molar-refractivity contribution in [1.82, 2.24) is 19.5 Å². The van der Waals surface area contributed by atoms with Crippen LogP contribution in [0.5, 0.6) is 0 Å². The van der Waals surface area contributed by atoms with Crippen molar-refractivity contribution in [3.63, 3.8) is 0 Å². The number of hydrogen-bond acceptors (Lipinski definition) is 6. The summed E-state index contributed by atoms with van der Waals surface area (Å²) < 4.78 is 23.8. The number of anilines is 1. The first-order valence-electron chi connectivity index (χ1n) is 7.01. The molecule has 2 rings (SSSR count). The van der Waals surface area contributed by atoms with Crippen molar-refractivity contribution < 1.29 is 9.69 Å². The Balaban J connectivity index is 0.00000264. The van der Waals surface area contributed by atoms with Gasteiger partial charge in [0.25, 0.3) is 0 Å². The van der Waals surface area contributed by atoms with Gasteiger partial charge in [-0.05, 0) is 12.8 Å². The molecule has 2 aromatic rings. The first-order valence-corrected chi connectivity index (χ1v) is 8.74. The molecular formula is C12H22N8O2S. The molecule has 0 saturated carbocycles. The third kappa shape index (κ3) is 4.60. The van der Waals surface area contributed by atoms with Crippen molar-refractivity contribution >= 4 is 33.0 Å². The van der Waals surface area contributed by atoms with Crippen LogP contribution < -0.4 is 10.5 Å². The van der Waals surface area contributed by atoms with Crippen molar-refractivity contribution in [2.24, 2.45) is 10.7 Å². The van der Waals surface area contributed by atoms with Gasteiger partial charge in [0.1, 0.15) is 21.8 Å². The zero-order chi connectivity index (χ0) is 16.2. The smallest absolute Gasteiger partial charge is 0.237 e. The summed E-state index contributed by atoms with van der Waals surface area (Å²) in [6.07, 6.45) is 4.57. The largest absolute Gasteiger partial charge is 0.412 e. The van der Waals surface area contributed by atoms with Crippen LogP contribution in [0.1, 0.15) is 26.7 Å². The van der Waals surface area contributed by atoms with Crippen LogP contribution >= 0.6 is 0 Å². The Morgan fingerprint density at radius 3 is 2.83 bits per heavy atom. The van der Waals surface area contributed by atoms with E-state index in [0.717, 1.165) is 6.42 Å². The zero-order valence-electron chi connectivity index (χ0n) is 13.1. The average Bonchev–Trinajstić information content (AvgIpc) is 2.87. The molecule has 6 N–H and O–H groups in total. The van der Waals surface area contributed by atoms with E-state index in [1.54, 1.807) is 4.57 Å². The van der Waals surface area contributed by atoms with Crippen molar-refractivity contribution in [3.05, 3.63) is 12.5 Å². The summed E-state index contributed by atoms with van der Waals surface area (Å²) in [7, 11) is -2.93. The number of fused-ring (bicyclic) bond motifs is 1. The van der Waals surface area contributed by atoms with E-state index in [-0.39, 0.29) is 17.2 Å². The molecule has 0 amide bonds. The summed E-state index contributed by atoms with van der Waals surface area (Å²) in [4.78, 5) is 16.6. The van der Waals surface area contributed by atoms with E-state index in [0.29, 0.717) is 30.1 Å². The van der Waals surface area contributed by atoms with Gasteiger partial charge < -0.3 is 11.2 Å². The number of aromatic nitrogens is 4. The van der Waals surface area contributed by atoms with E-state index in [1.165, 1.54) is 12.5 Å². The Labute approximate surface area is 134 Å². The Morgan fingerprint density at radius 1 is 1.43 bits per heavy atom. The highest BCUT2D eigenvalue weighted by molar-refractivity contribution is 7.93. The summed E-state index contributed by atoms with van der Waals surface area (Å²) >= 11 is 0. The van der Waals surface area contributed by atoms with Gasteiger partial charge in [-0.15, -0.1) is 0 Å². The summed E-state index contributed by atoms with van der Waals surface area (Å²) in [5.74, 6) is 0.679. The van der Waals surface area contributed by atoms with Gasteiger partial charge in [0.2, 0.25) is 11.9 Å². The maximum absolute atomic E-state index is 11.9. The molecule has 0 aliphatic rings. The molecule has 1 atom stereocenters. The van der Waals surface area contributed by atoms with E-state index in [2.05, 4.69) is 24.7 Å². The molecule has 0 saturated heterocycles. The van der Waals surface area contributed by atoms with Gasteiger partial charge in [-0.1, -0.05) is 13.8 Å². The highest BCUT2D eigenvalue weighted by Crippen LogP contribution is 2.12. The van der Waals surface area contributed by atoms with Crippen molar-refractivity contribution in [3.8, 4) is 0 Å². The molecule has 0 bridgehead atoms. The van der Waals surface area contributed by atoms with Crippen LogP contribution in [0.2, 0.25) is 0 Å². The fourth-order valence-corrected chi connectivity index (χ4v) is 2.90. The van der Waals surface area contributed by atoms with E-state index in [9.17, 15) is 4.21 Å². The molecule has 2 heterocycles. The fourth-order valence-electron chi connectivity index (χ4n) is 1.83. The molecular weight excluding hydrogens is 320 g/mol. The van der Waals surface area contributed by atoms with E-state index in [4.69, 9.17) is 10.5 Å². The number of hydrogen-bond donors (Lipinski definition) is 3. The second-order valence-corrected chi connectivity index (χ2v) is 6.70. The van der Waals surface area contributed by atoms with Crippen LogP contribution in [0.15, 0.2) is 17.5 Å². The molecule has 0 aliphatic carbocycles. The average molecular weight is 342 g/mol. The normalized spacial score (nSPS) is 14.3. The second kappa shape index (κ2) is 7.83. The summed E-state index contributed by atoms with van der Waals surface area (Å²) in [5, 5.41) is 0. The van der Waals surface area contributed by atoms with Gasteiger partial charge in [0.15, 0.2) is 5.65 Å². The van der Waals surface area contributed by atoms with Crippen LogP contribution in [0.25, 0.3) is 11.2 Å². The van der Waals surface area contributed by atoms with Crippen molar-refractivity contribution in [2.45, 2.75) is 26.7 Å². The zero-order valence-corrected chi connectivity index (χ0v) is 13.9. The van der Waals surface area contributed by atoms with Crippen molar-refractivity contribution in [1.29, 1.82) is 4.78 Å². The first kappa shape index (κ1) is 18.8. The first-order chi connectivity index (χ1) is 10.5. The number of rotatable bonds is 6. The number of nitrogens with one attached hydrogen (secondary N) is 2. The third-order valence-corrected chi connectivity index (χ3v) is 4.29. The monoisotopic (exact) mass is 342 g/mol. The molecule has 11 heteroatoms. The van der Waals surface area contributed by atoms with E-state index >= 15 is 0 Å². The maximum Gasteiger partial charge on any atom is 0.237 e. The van der Waals surface area contributed by atoms with Crippen LogP contribution in [0.3, 0.4) is 0 Å². The van der Waals surface area contributed by atoms with Gasteiger partial charge in [0, 0.05) is 6.54 Å². The maximum atomic E-state index is 11.9. The van der Waals surface area contributed by atoms with Crippen LogP contribution in [-0.4, -0.2) is 47.5 Å². The molecule has 1 unspecified atom stereocenters. The minimum Gasteiger partial charge on any atom is -0.412 e. The van der Waals surface area contributed by atoms with E-state index < -0.39 is 9.92 Å². The molecule has 128 valence electrons. The van der Waals surface area contributed by atoms with Gasteiger partial charge in [-0.2, -0.15) is 4.98 Å². The summed E-state index contributed by atoms with van der Waals surface area (Å²) in [5.41, 5.74) is 6.90. The Hall–Kier alpha value is -2.27. The molecule has 0 spiro atoms. The highest BCUT2D eigenvalue weighted by atomic mass is 32.2. The molecule has 0 aromatic carbocycles. The van der Waals surface area contributed by atoms with Gasteiger partial charge in [0.05, 0.1) is 11.9 Å². The van der Waals surface area contributed by atoms with E-state index in [1.807, 2.05) is 13.8 Å². The second-order valence-electron chi connectivity index (χ2n) is 4.74. The number of nitrogens with two attached hydrogens (primary N) is 1. The molecule has 2 aromatic heterocycles. The predicted molar refractivity (Wildman–Crippen MR) is 90.8 cm³/mol. The summed E-state index contributed by atoms with van der Waals surface area (Å²) in [6.45, 7) is 4.50. The SMILES string of the molecule is CCCN=C(N)n1cnc2nc(NS(=N)(=O)CCC)ncc21.O. The Kier molecular flexibility index (Phi) is 6.39. The predicted octanol–water partition coefficient (Wildman–Crippen LogP) is 0.358. The molecule has 10 nitrogen and oxygen atoms in total. The van der Waals surface area contributed by atoms with Gasteiger partial charge in [-0.3, -0.25) is 14.3 Å². The van der Waals surface area contributed by atoms with Crippen LogP contribution in [0.4, 0.5) is 5.95 Å². The molecule has 0 aliphatic heterocycles. The van der Waals surface area contributed by atoms with Gasteiger partial charge >= 0.3 is 0 Å². The minimum absolute atomic E-state index is 0. The highest BCUT2D eigenvalue weighted by Gasteiger charge is 2.11. The van der Waals surface area contributed by atoms with Gasteiger partial charge in [-0.25, -0.2) is 19.0 Å². The lowest BCUT2D eigenvalue weighted by Gasteiger charge is -2.08. The topological polar surface area (TPSA) is 166 Å². The Morgan fingerprint density at radius 2 is 2.17 bits per heavy atom. The Bertz CT molecular complexity index is 783. The third-order valence-electron chi connectivity index (χ3n) is 2.80. The number of aliphatic imine (C=N–C) groups is 1. The molecule has 0 radical (unpaired) electrons. The quantitative estimate of drug-likeness (QED) is 0.508. The lowest BCUT2D eigenvalue weighted by Crippen LogP contribution is -2.22. The minimum atomic E-state index is -2.93. The number of imidazole rings is 1. The van der Waals surface area contributed by atoms with Crippen LogP contribution in [0, 0.1) is 4.78 Å². The fraction of sp³-hybridized carbons (Fsp3) is 0.500. The van der Waals surface area contributed by atoms with Crippen molar-refractivity contribution in [2.75, 3.05) is 17.0 Å².